The predicted molar refractivity (Wildman–Crippen MR) is 142 cm³/mol. The molecule has 0 N–H and O–H groups in total. The van der Waals surface area contributed by atoms with Gasteiger partial charge in [-0.1, -0.05) is 96.2 Å². The Kier molecular flexibility index (Phi) is 4.42. The van der Waals surface area contributed by atoms with Crippen LogP contribution in [0.25, 0.3) is 0 Å². The first kappa shape index (κ1) is 20.0. The molecule has 2 aliphatic rings. The molecule has 0 radical (unpaired) electrons. The van der Waals surface area contributed by atoms with Crippen LogP contribution in [0.15, 0.2) is 131 Å². The molecule has 2 aliphatic heterocycles. The second-order valence-electron chi connectivity index (χ2n) is 8.69. The van der Waals surface area contributed by atoms with Gasteiger partial charge in [0.15, 0.2) is 0 Å². The minimum absolute atomic E-state index is 0.458. The van der Waals surface area contributed by atoms with E-state index in [1.165, 1.54) is 43.4 Å². The van der Waals surface area contributed by atoms with Gasteiger partial charge in [0, 0.05) is 20.5 Å². The summed E-state index contributed by atoms with van der Waals surface area (Å²) in [4.78, 5) is 4.93. The average molecular weight is 474 g/mol. The molecule has 3 heteroatoms. The smallest absolute Gasteiger partial charge is 0.0764 e. The van der Waals surface area contributed by atoms with Crippen LogP contribution >= 0.6 is 23.4 Å². The van der Waals surface area contributed by atoms with Gasteiger partial charge < -0.3 is 4.90 Å². The minimum atomic E-state index is -0.458. The Balaban J connectivity index is 1.68. The Morgan fingerprint density at radius 1 is 0.529 bits per heavy atom. The van der Waals surface area contributed by atoms with Crippen molar-refractivity contribution in [2.45, 2.75) is 15.2 Å². The first-order chi connectivity index (χ1) is 16.8. The summed E-state index contributed by atoms with van der Waals surface area (Å²) in [6.45, 7) is 0. The number of hydrogen-bond acceptors (Lipinski definition) is 2. The van der Waals surface area contributed by atoms with Crippen LogP contribution < -0.4 is 4.90 Å². The Morgan fingerprint density at radius 3 is 1.79 bits per heavy atom. The van der Waals surface area contributed by atoms with Gasteiger partial charge in [-0.15, -0.1) is 0 Å². The predicted octanol–water partition coefficient (Wildman–Crippen LogP) is 8.97. The Morgan fingerprint density at radius 2 is 1.09 bits per heavy atom. The van der Waals surface area contributed by atoms with Crippen molar-refractivity contribution in [3.05, 3.63) is 149 Å². The quantitative estimate of drug-likeness (QED) is 0.234. The molecule has 0 amide bonds. The molecule has 1 spiro atoms. The Hall–Kier alpha value is -3.46. The molecule has 7 rings (SSSR count). The standard InChI is InChI=1S/C31H20ClNS/c32-21-18-19-30-26(20-21)31(25-14-6-9-17-29(25)34-30)23-12-4-7-15-27(23)33(22-10-2-1-3-11-22)28-16-8-5-13-24(28)31/h1-20H. The van der Waals surface area contributed by atoms with Gasteiger partial charge in [0.05, 0.1) is 16.8 Å². The number of halogens is 1. The Labute approximate surface area is 208 Å². The van der Waals surface area contributed by atoms with E-state index in [4.69, 9.17) is 11.6 Å². The van der Waals surface area contributed by atoms with Crippen molar-refractivity contribution in [2.24, 2.45) is 0 Å². The number of rotatable bonds is 1. The molecule has 0 unspecified atom stereocenters. The second-order valence-corrected chi connectivity index (χ2v) is 10.2. The van der Waals surface area contributed by atoms with Gasteiger partial charge in [-0.05, 0) is 70.8 Å². The highest BCUT2D eigenvalue weighted by Crippen LogP contribution is 2.62. The van der Waals surface area contributed by atoms with Crippen LogP contribution in [0.1, 0.15) is 22.3 Å². The molecule has 5 aromatic carbocycles. The van der Waals surface area contributed by atoms with Crippen LogP contribution in [0.4, 0.5) is 17.1 Å². The highest BCUT2D eigenvalue weighted by molar-refractivity contribution is 7.99. The fourth-order valence-corrected chi connectivity index (χ4v) is 7.04. The third-order valence-corrected chi connectivity index (χ3v) is 8.36. The topological polar surface area (TPSA) is 3.24 Å². The molecule has 0 bridgehead atoms. The zero-order chi connectivity index (χ0) is 22.7. The lowest BCUT2D eigenvalue weighted by atomic mass is 9.62. The molecule has 0 saturated carbocycles. The lowest BCUT2D eigenvalue weighted by Gasteiger charge is -2.49. The van der Waals surface area contributed by atoms with E-state index in [1.807, 2.05) is 17.8 Å². The largest absolute Gasteiger partial charge is 0.310 e. The Bertz CT molecular complexity index is 1510. The fraction of sp³-hybridized carbons (Fsp3) is 0.0323. The maximum atomic E-state index is 6.67. The normalized spacial score (nSPS) is 14.7. The van der Waals surface area contributed by atoms with E-state index >= 15 is 0 Å². The summed E-state index contributed by atoms with van der Waals surface area (Å²) in [5.41, 5.74) is 8.18. The highest BCUT2D eigenvalue weighted by Gasteiger charge is 2.50. The molecule has 2 heterocycles. The maximum absolute atomic E-state index is 6.67. The summed E-state index contributed by atoms with van der Waals surface area (Å²) in [6, 6.07) is 43.5. The summed E-state index contributed by atoms with van der Waals surface area (Å²) >= 11 is 8.50. The molecule has 0 saturated heterocycles. The number of fused-ring (bicyclic) bond motifs is 8. The van der Waals surface area contributed by atoms with E-state index < -0.39 is 5.41 Å². The SMILES string of the molecule is Clc1ccc2c(c1)C1(c3ccccc3S2)c2ccccc2N(c2ccccc2)c2ccccc21. The number of anilines is 3. The molecule has 0 aromatic heterocycles. The minimum Gasteiger partial charge on any atom is -0.310 e. The zero-order valence-electron chi connectivity index (χ0n) is 18.3. The van der Waals surface area contributed by atoms with E-state index in [0.29, 0.717) is 0 Å². The van der Waals surface area contributed by atoms with Crippen molar-refractivity contribution < 1.29 is 0 Å². The van der Waals surface area contributed by atoms with Gasteiger partial charge in [-0.25, -0.2) is 0 Å². The van der Waals surface area contributed by atoms with Crippen LogP contribution in [-0.2, 0) is 5.41 Å². The van der Waals surface area contributed by atoms with Crippen molar-refractivity contribution >= 4 is 40.4 Å². The summed E-state index contributed by atoms with van der Waals surface area (Å²) in [7, 11) is 0. The second kappa shape index (κ2) is 7.53. The van der Waals surface area contributed by atoms with Crippen molar-refractivity contribution in [1.82, 2.24) is 0 Å². The van der Waals surface area contributed by atoms with E-state index in [9.17, 15) is 0 Å². The van der Waals surface area contributed by atoms with Crippen LogP contribution in [-0.4, -0.2) is 0 Å². The zero-order valence-corrected chi connectivity index (χ0v) is 19.9. The van der Waals surface area contributed by atoms with Crippen molar-refractivity contribution in [2.75, 3.05) is 4.90 Å². The van der Waals surface area contributed by atoms with Gasteiger partial charge >= 0.3 is 0 Å². The lowest BCUT2D eigenvalue weighted by molar-refractivity contribution is 0.692. The average Bonchev–Trinajstić information content (AvgIpc) is 2.89. The summed E-state index contributed by atoms with van der Waals surface area (Å²) in [5, 5.41) is 0.763. The molecule has 1 nitrogen and oxygen atoms in total. The van der Waals surface area contributed by atoms with E-state index in [2.05, 4.69) is 120 Å². The van der Waals surface area contributed by atoms with Gasteiger partial charge in [-0.3, -0.25) is 0 Å². The third kappa shape index (κ3) is 2.64. The molecule has 0 aliphatic carbocycles. The van der Waals surface area contributed by atoms with E-state index in [0.717, 1.165) is 10.7 Å². The fourth-order valence-electron chi connectivity index (χ4n) is 5.70. The van der Waals surface area contributed by atoms with Crippen molar-refractivity contribution in [3.8, 4) is 0 Å². The van der Waals surface area contributed by atoms with Crippen molar-refractivity contribution in [1.29, 1.82) is 0 Å². The van der Waals surface area contributed by atoms with Gasteiger partial charge in [0.1, 0.15) is 0 Å². The summed E-state index contributed by atoms with van der Waals surface area (Å²) in [5.74, 6) is 0. The molecule has 0 atom stereocenters. The molecule has 5 aromatic rings. The lowest BCUT2D eigenvalue weighted by Crippen LogP contribution is -2.39. The maximum Gasteiger partial charge on any atom is 0.0764 e. The van der Waals surface area contributed by atoms with Gasteiger partial charge in [0.2, 0.25) is 0 Å². The molecular formula is C31H20ClNS. The first-order valence-electron chi connectivity index (χ1n) is 11.4. The van der Waals surface area contributed by atoms with E-state index in [1.54, 1.807) is 0 Å². The number of hydrogen-bond donors (Lipinski definition) is 0. The first-order valence-corrected chi connectivity index (χ1v) is 12.6. The number of nitrogens with zero attached hydrogens (tertiary/aromatic N) is 1. The monoisotopic (exact) mass is 473 g/mol. The molecule has 34 heavy (non-hydrogen) atoms. The van der Waals surface area contributed by atoms with E-state index in [-0.39, 0.29) is 0 Å². The third-order valence-electron chi connectivity index (χ3n) is 6.97. The highest BCUT2D eigenvalue weighted by atomic mass is 35.5. The number of para-hydroxylation sites is 3. The number of benzene rings is 5. The van der Waals surface area contributed by atoms with Gasteiger partial charge in [-0.2, -0.15) is 0 Å². The van der Waals surface area contributed by atoms with Crippen LogP contribution in [0.3, 0.4) is 0 Å². The van der Waals surface area contributed by atoms with Crippen LogP contribution in [0, 0.1) is 0 Å². The summed E-state index contributed by atoms with van der Waals surface area (Å²) < 4.78 is 0. The summed E-state index contributed by atoms with van der Waals surface area (Å²) in [6.07, 6.45) is 0. The van der Waals surface area contributed by atoms with Crippen molar-refractivity contribution in [3.63, 3.8) is 0 Å². The van der Waals surface area contributed by atoms with Crippen LogP contribution in [0.5, 0.6) is 0 Å². The molecule has 0 fully saturated rings. The molecular weight excluding hydrogens is 454 g/mol. The molecule has 162 valence electrons. The van der Waals surface area contributed by atoms with Gasteiger partial charge in [0.25, 0.3) is 0 Å². The van der Waals surface area contributed by atoms with Crippen LogP contribution in [0.2, 0.25) is 5.02 Å².